The predicted octanol–water partition coefficient (Wildman–Crippen LogP) is 1.72. The molecule has 4 heteroatoms. The zero-order valence-electron chi connectivity index (χ0n) is 9.81. The minimum Gasteiger partial charge on any atom is -0.310 e. The van der Waals surface area contributed by atoms with Crippen LogP contribution in [0, 0.1) is 0 Å². The lowest BCUT2D eigenvalue weighted by atomic mass is 10.0. The fourth-order valence-corrected chi connectivity index (χ4v) is 1.59. The van der Waals surface area contributed by atoms with Crippen LogP contribution in [0.4, 0.5) is 0 Å². The second-order valence-corrected chi connectivity index (χ2v) is 4.24. The molecule has 0 unspecified atom stereocenters. The molecule has 2 rings (SSSR count). The maximum Gasteiger partial charge on any atom is 0.0995 e. The van der Waals surface area contributed by atoms with Crippen LogP contribution in [0.1, 0.15) is 19.5 Å². The quantitative estimate of drug-likeness (QED) is 0.849. The van der Waals surface area contributed by atoms with Gasteiger partial charge in [0.05, 0.1) is 35.6 Å². The number of nitrogens with zero attached hydrogens (tertiary/aromatic N) is 3. The Kier molecular flexibility index (Phi) is 2.75. The Hall–Kier alpha value is -1.68. The zero-order chi connectivity index (χ0) is 11.6. The van der Waals surface area contributed by atoms with E-state index < -0.39 is 0 Å². The first-order valence-electron chi connectivity index (χ1n) is 5.27. The van der Waals surface area contributed by atoms with Gasteiger partial charge >= 0.3 is 0 Å². The second kappa shape index (κ2) is 4.06. The first kappa shape index (κ1) is 10.8. The third kappa shape index (κ3) is 1.84. The van der Waals surface area contributed by atoms with Gasteiger partial charge in [-0.15, -0.1) is 0 Å². The summed E-state index contributed by atoms with van der Waals surface area (Å²) in [5.41, 5.74) is 2.02. The summed E-state index contributed by atoms with van der Waals surface area (Å²) < 4.78 is 2.05. The number of hydrogen-bond donors (Lipinski definition) is 1. The third-order valence-electron chi connectivity index (χ3n) is 2.83. The van der Waals surface area contributed by atoms with Crippen molar-refractivity contribution in [2.75, 3.05) is 7.05 Å². The van der Waals surface area contributed by atoms with Gasteiger partial charge in [-0.25, -0.2) is 4.98 Å². The van der Waals surface area contributed by atoms with Crippen LogP contribution < -0.4 is 5.32 Å². The normalized spacial score (nSPS) is 11.7. The Labute approximate surface area is 95.4 Å². The van der Waals surface area contributed by atoms with E-state index in [2.05, 4.69) is 29.1 Å². The molecule has 84 valence electrons. The number of pyridine rings is 1. The summed E-state index contributed by atoms with van der Waals surface area (Å²) in [6.07, 6.45) is 7.29. The van der Waals surface area contributed by atoms with Gasteiger partial charge < -0.3 is 5.32 Å². The number of aromatic nitrogens is 3. The number of rotatable bonds is 3. The molecular formula is C12H16N4. The monoisotopic (exact) mass is 216 g/mol. The maximum absolute atomic E-state index is 4.21. The topological polar surface area (TPSA) is 42.7 Å². The van der Waals surface area contributed by atoms with Crippen molar-refractivity contribution >= 4 is 0 Å². The molecule has 2 aromatic rings. The molecule has 0 saturated carbocycles. The molecule has 0 radical (unpaired) electrons. The third-order valence-corrected chi connectivity index (χ3v) is 2.83. The van der Waals surface area contributed by atoms with E-state index in [0.29, 0.717) is 0 Å². The minimum absolute atomic E-state index is 0.119. The molecule has 0 aromatic carbocycles. The number of hydrogen-bond acceptors (Lipinski definition) is 3. The van der Waals surface area contributed by atoms with Crippen LogP contribution in [-0.2, 0) is 5.54 Å². The van der Waals surface area contributed by atoms with Crippen LogP contribution >= 0.6 is 0 Å². The fourth-order valence-electron chi connectivity index (χ4n) is 1.59. The SMILES string of the molecule is CNC(C)(C)c1cncn1-c1cccnc1. The lowest BCUT2D eigenvalue weighted by molar-refractivity contribution is 0.424. The van der Waals surface area contributed by atoms with E-state index in [1.54, 1.807) is 6.20 Å². The van der Waals surface area contributed by atoms with Crippen LogP contribution in [0.2, 0.25) is 0 Å². The van der Waals surface area contributed by atoms with Gasteiger partial charge in [0.2, 0.25) is 0 Å². The number of imidazole rings is 1. The van der Waals surface area contributed by atoms with E-state index in [9.17, 15) is 0 Å². The Bertz CT molecular complexity index is 459. The molecule has 0 bridgehead atoms. The highest BCUT2D eigenvalue weighted by molar-refractivity contribution is 5.32. The van der Waals surface area contributed by atoms with E-state index in [-0.39, 0.29) is 5.54 Å². The Morgan fingerprint density at radius 2 is 2.06 bits per heavy atom. The van der Waals surface area contributed by atoms with E-state index >= 15 is 0 Å². The molecule has 0 fully saturated rings. The molecule has 0 aliphatic heterocycles. The van der Waals surface area contributed by atoms with Gasteiger partial charge in [0.15, 0.2) is 0 Å². The highest BCUT2D eigenvalue weighted by Gasteiger charge is 2.22. The van der Waals surface area contributed by atoms with E-state index in [4.69, 9.17) is 0 Å². The fraction of sp³-hybridized carbons (Fsp3) is 0.333. The van der Waals surface area contributed by atoms with Crippen LogP contribution in [-0.4, -0.2) is 21.6 Å². The van der Waals surface area contributed by atoms with Crippen molar-refractivity contribution < 1.29 is 0 Å². The molecule has 0 saturated heterocycles. The van der Waals surface area contributed by atoms with Crippen molar-refractivity contribution in [2.45, 2.75) is 19.4 Å². The van der Waals surface area contributed by atoms with Gasteiger partial charge in [-0.3, -0.25) is 9.55 Å². The standard InChI is InChI=1S/C12H16N4/c1-12(2,13-3)11-8-15-9-16(11)10-5-4-6-14-7-10/h4-9,13H,1-3H3. The Balaban J connectivity index is 2.49. The summed E-state index contributed by atoms with van der Waals surface area (Å²) in [5, 5.41) is 3.27. The van der Waals surface area contributed by atoms with Crippen LogP contribution in [0.25, 0.3) is 5.69 Å². The van der Waals surface area contributed by atoms with E-state index in [1.807, 2.05) is 42.5 Å². The first-order valence-corrected chi connectivity index (χ1v) is 5.27. The van der Waals surface area contributed by atoms with Crippen molar-refractivity contribution in [3.8, 4) is 5.69 Å². The summed E-state index contributed by atoms with van der Waals surface area (Å²) in [4.78, 5) is 8.33. The molecule has 0 atom stereocenters. The lowest BCUT2D eigenvalue weighted by Gasteiger charge is -2.25. The predicted molar refractivity (Wildman–Crippen MR) is 63.4 cm³/mol. The molecule has 0 aliphatic rings. The highest BCUT2D eigenvalue weighted by atomic mass is 15.1. The van der Waals surface area contributed by atoms with Crippen LogP contribution in [0.15, 0.2) is 37.1 Å². The summed E-state index contributed by atoms with van der Waals surface area (Å²) in [6, 6.07) is 3.94. The highest BCUT2D eigenvalue weighted by Crippen LogP contribution is 2.21. The summed E-state index contributed by atoms with van der Waals surface area (Å²) in [5.74, 6) is 0. The molecule has 0 amide bonds. The van der Waals surface area contributed by atoms with Gasteiger partial charge in [-0.05, 0) is 33.0 Å². The van der Waals surface area contributed by atoms with Gasteiger partial charge in [0, 0.05) is 6.20 Å². The van der Waals surface area contributed by atoms with Crippen LogP contribution in [0.3, 0.4) is 0 Å². The molecule has 0 spiro atoms. The zero-order valence-corrected chi connectivity index (χ0v) is 9.81. The van der Waals surface area contributed by atoms with Gasteiger partial charge in [-0.2, -0.15) is 0 Å². The summed E-state index contributed by atoms with van der Waals surface area (Å²) >= 11 is 0. The summed E-state index contributed by atoms with van der Waals surface area (Å²) in [7, 11) is 1.95. The number of nitrogens with one attached hydrogen (secondary N) is 1. The molecule has 0 aliphatic carbocycles. The van der Waals surface area contributed by atoms with Gasteiger partial charge in [0.1, 0.15) is 0 Å². The minimum atomic E-state index is -0.119. The molecule has 2 aromatic heterocycles. The first-order chi connectivity index (χ1) is 7.65. The molecular weight excluding hydrogens is 200 g/mol. The molecule has 2 heterocycles. The van der Waals surface area contributed by atoms with Gasteiger partial charge in [-0.1, -0.05) is 0 Å². The van der Waals surface area contributed by atoms with E-state index in [0.717, 1.165) is 11.4 Å². The van der Waals surface area contributed by atoms with Crippen molar-refractivity contribution in [3.05, 3.63) is 42.7 Å². The van der Waals surface area contributed by atoms with Crippen molar-refractivity contribution in [3.63, 3.8) is 0 Å². The Morgan fingerprint density at radius 3 is 2.69 bits per heavy atom. The van der Waals surface area contributed by atoms with Gasteiger partial charge in [0.25, 0.3) is 0 Å². The average molecular weight is 216 g/mol. The van der Waals surface area contributed by atoms with Crippen molar-refractivity contribution in [1.29, 1.82) is 0 Å². The van der Waals surface area contributed by atoms with Crippen molar-refractivity contribution in [1.82, 2.24) is 19.9 Å². The average Bonchev–Trinajstić information content (AvgIpc) is 2.80. The smallest absolute Gasteiger partial charge is 0.0995 e. The summed E-state index contributed by atoms with van der Waals surface area (Å²) in [6.45, 7) is 4.24. The molecule has 1 N–H and O–H groups in total. The Morgan fingerprint density at radius 1 is 1.25 bits per heavy atom. The maximum atomic E-state index is 4.21. The second-order valence-electron chi connectivity index (χ2n) is 4.24. The van der Waals surface area contributed by atoms with Crippen molar-refractivity contribution in [2.24, 2.45) is 0 Å². The lowest BCUT2D eigenvalue weighted by Crippen LogP contribution is -2.35. The molecule has 16 heavy (non-hydrogen) atoms. The largest absolute Gasteiger partial charge is 0.310 e. The van der Waals surface area contributed by atoms with E-state index in [1.165, 1.54) is 0 Å². The molecule has 4 nitrogen and oxygen atoms in total. The van der Waals surface area contributed by atoms with Crippen LogP contribution in [0.5, 0.6) is 0 Å².